The number of anilines is 1. The molecule has 1 amide bonds. The molecule has 3 N–H and O–H groups in total. The summed E-state index contributed by atoms with van der Waals surface area (Å²) in [6.45, 7) is 0.109. The van der Waals surface area contributed by atoms with Crippen LogP contribution in [0.1, 0.15) is 5.56 Å². The summed E-state index contributed by atoms with van der Waals surface area (Å²) < 4.78 is 5.97. The summed E-state index contributed by atoms with van der Waals surface area (Å²) in [6, 6.07) is 12.3. The lowest BCUT2D eigenvalue weighted by Gasteiger charge is -2.05. The number of hydrogen-bond acceptors (Lipinski definition) is 5. The summed E-state index contributed by atoms with van der Waals surface area (Å²) in [7, 11) is 1.46. The van der Waals surface area contributed by atoms with Crippen molar-refractivity contribution in [3.63, 3.8) is 0 Å². The highest BCUT2D eigenvalue weighted by Gasteiger charge is 2.02. The number of carbonyl (C=O) groups excluding carboxylic acids is 1. The van der Waals surface area contributed by atoms with E-state index in [0.717, 1.165) is 10.2 Å². The van der Waals surface area contributed by atoms with Crippen molar-refractivity contribution in [1.82, 2.24) is 5.43 Å². The number of aromatic hydroxyl groups is 1. The highest BCUT2D eigenvalue weighted by atomic mass is 79.9. The third kappa shape index (κ3) is 5.30. The summed E-state index contributed by atoms with van der Waals surface area (Å²) in [5, 5.41) is 16.3. The second-order valence-corrected chi connectivity index (χ2v) is 5.50. The predicted octanol–water partition coefficient (Wildman–Crippen LogP) is 2.73. The molecule has 0 unspecified atom stereocenters. The zero-order valence-electron chi connectivity index (χ0n) is 12.4. The molecule has 0 aliphatic rings. The fourth-order valence-corrected chi connectivity index (χ4v) is 2.01. The van der Waals surface area contributed by atoms with E-state index in [0.29, 0.717) is 11.3 Å². The second-order valence-electron chi connectivity index (χ2n) is 4.58. The zero-order chi connectivity index (χ0) is 16.7. The van der Waals surface area contributed by atoms with Gasteiger partial charge >= 0.3 is 0 Å². The van der Waals surface area contributed by atoms with Gasteiger partial charge in [-0.25, -0.2) is 5.43 Å². The normalized spacial score (nSPS) is 10.5. The van der Waals surface area contributed by atoms with Crippen molar-refractivity contribution in [3.05, 3.63) is 52.5 Å². The highest BCUT2D eigenvalue weighted by molar-refractivity contribution is 9.10. The Hall–Kier alpha value is -2.54. The fraction of sp³-hybridized carbons (Fsp3) is 0.125. The minimum atomic E-state index is -0.269. The summed E-state index contributed by atoms with van der Waals surface area (Å²) in [5.41, 5.74) is 3.96. The Bertz CT molecular complexity index is 702. The molecule has 6 nitrogen and oxygen atoms in total. The summed E-state index contributed by atoms with van der Waals surface area (Å²) >= 11 is 3.35. The summed E-state index contributed by atoms with van der Waals surface area (Å²) in [4.78, 5) is 11.7. The van der Waals surface area contributed by atoms with Gasteiger partial charge in [-0.2, -0.15) is 5.10 Å². The van der Waals surface area contributed by atoms with Crippen molar-refractivity contribution in [1.29, 1.82) is 0 Å². The first kappa shape index (κ1) is 16.8. The number of hydrogen-bond donors (Lipinski definition) is 3. The Kier molecular flexibility index (Phi) is 5.99. The van der Waals surface area contributed by atoms with Crippen molar-refractivity contribution < 1.29 is 14.6 Å². The van der Waals surface area contributed by atoms with Crippen molar-refractivity contribution in [2.75, 3.05) is 19.0 Å². The first-order chi connectivity index (χ1) is 11.1. The Morgan fingerprint density at radius 2 is 2.04 bits per heavy atom. The quantitative estimate of drug-likeness (QED) is 0.533. The van der Waals surface area contributed by atoms with Gasteiger partial charge in [-0.15, -0.1) is 0 Å². The maximum absolute atomic E-state index is 11.7. The maximum atomic E-state index is 11.7. The Morgan fingerprint density at radius 1 is 1.30 bits per heavy atom. The van der Waals surface area contributed by atoms with Gasteiger partial charge in [-0.1, -0.05) is 15.9 Å². The molecule has 0 radical (unpaired) electrons. The topological polar surface area (TPSA) is 83.0 Å². The molecule has 0 heterocycles. The van der Waals surface area contributed by atoms with Gasteiger partial charge in [0.15, 0.2) is 11.5 Å². The number of amides is 1. The van der Waals surface area contributed by atoms with Gasteiger partial charge in [-0.3, -0.25) is 4.79 Å². The standard InChI is InChI=1S/C16H16BrN3O3/c1-23-15-8-11(2-7-14(15)21)9-19-20-16(22)10-18-13-5-3-12(17)4-6-13/h2-9,18,21H,10H2,1H3,(H,20,22)/b19-9-. The van der Waals surface area contributed by atoms with Crippen molar-refractivity contribution in [2.24, 2.45) is 5.10 Å². The van der Waals surface area contributed by atoms with E-state index in [4.69, 9.17) is 4.74 Å². The molecule has 0 saturated carbocycles. The number of halogens is 1. The minimum absolute atomic E-state index is 0.0485. The van der Waals surface area contributed by atoms with Gasteiger partial charge in [0.25, 0.3) is 5.91 Å². The van der Waals surface area contributed by atoms with Crippen LogP contribution in [0.25, 0.3) is 0 Å². The third-order valence-corrected chi connectivity index (χ3v) is 3.43. The van der Waals surface area contributed by atoms with E-state index in [1.165, 1.54) is 19.4 Å². The van der Waals surface area contributed by atoms with E-state index < -0.39 is 0 Å². The average molecular weight is 378 g/mol. The van der Waals surface area contributed by atoms with Crippen LogP contribution in [0, 0.1) is 0 Å². The molecule has 23 heavy (non-hydrogen) atoms. The molecule has 7 heteroatoms. The molecule has 0 atom stereocenters. The van der Waals surface area contributed by atoms with E-state index in [1.54, 1.807) is 12.1 Å². The summed E-state index contributed by atoms with van der Waals surface area (Å²) in [5.74, 6) is 0.125. The zero-order valence-corrected chi connectivity index (χ0v) is 14.0. The number of nitrogens with one attached hydrogen (secondary N) is 2. The number of carbonyl (C=O) groups is 1. The molecule has 0 fully saturated rings. The van der Waals surface area contributed by atoms with E-state index in [2.05, 4.69) is 31.8 Å². The molecular formula is C16H16BrN3O3. The molecule has 2 rings (SSSR count). The van der Waals surface area contributed by atoms with E-state index in [9.17, 15) is 9.90 Å². The van der Waals surface area contributed by atoms with Crippen LogP contribution in [0.3, 0.4) is 0 Å². The van der Waals surface area contributed by atoms with Gasteiger partial charge in [0, 0.05) is 10.2 Å². The van der Waals surface area contributed by atoms with E-state index in [1.807, 2.05) is 24.3 Å². The van der Waals surface area contributed by atoms with Gasteiger partial charge in [0.05, 0.1) is 19.9 Å². The van der Waals surface area contributed by atoms with Crippen LogP contribution >= 0.6 is 15.9 Å². The van der Waals surface area contributed by atoms with Gasteiger partial charge < -0.3 is 15.2 Å². The molecule has 2 aromatic carbocycles. The number of phenols is 1. The Balaban J connectivity index is 1.82. The number of phenolic OH excluding ortho intramolecular Hbond substituents is 1. The van der Waals surface area contributed by atoms with Crippen LogP contribution in [0.15, 0.2) is 52.0 Å². The molecule has 0 aromatic heterocycles. The monoisotopic (exact) mass is 377 g/mol. The first-order valence-electron chi connectivity index (χ1n) is 6.77. The van der Waals surface area contributed by atoms with Crippen LogP contribution in [-0.4, -0.2) is 30.9 Å². The van der Waals surface area contributed by atoms with Gasteiger partial charge in [0.2, 0.25) is 0 Å². The lowest BCUT2D eigenvalue weighted by Crippen LogP contribution is -2.25. The van der Waals surface area contributed by atoms with E-state index in [-0.39, 0.29) is 18.2 Å². The lowest BCUT2D eigenvalue weighted by molar-refractivity contribution is -0.119. The smallest absolute Gasteiger partial charge is 0.259 e. The number of hydrazone groups is 1. The Morgan fingerprint density at radius 3 is 2.74 bits per heavy atom. The van der Waals surface area contributed by atoms with Crippen LogP contribution in [0.5, 0.6) is 11.5 Å². The van der Waals surface area contributed by atoms with Crippen LogP contribution in [-0.2, 0) is 4.79 Å². The van der Waals surface area contributed by atoms with Crippen molar-refractivity contribution >= 4 is 33.7 Å². The summed E-state index contributed by atoms with van der Waals surface area (Å²) in [6.07, 6.45) is 1.47. The number of ether oxygens (including phenoxy) is 1. The molecule has 0 saturated heterocycles. The SMILES string of the molecule is COc1cc(/C=N\NC(=O)CNc2ccc(Br)cc2)ccc1O. The number of nitrogens with zero attached hydrogens (tertiary/aromatic N) is 1. The molecule has 0 spiro atoms. The average Bonchev–Trinajstić information content (AvgIpc) is 2.56. The van der Waals surface area contributed by atoms with Crippen molar-refractivity contribution in [2.45, 2.75) is 0 Å². The van der Waals surface area contributed by atoms with Crippen LogP contribution in [0.2, 0.25) is 0 Å². The predicted molar refractivity (Wildman–Crippen MR) is 93.0 cm³/mol. The number of rotatable bonds is 6. The molecular weight excluding hydrogens is 362 g/mol. The van der Waals surface area contributed by atoms with Gasteiger partial charge in [-0.05, 0) is 48.0 Å². The molecule has 2 aromatic rings. The third-order valence-electron chi connectivity index (χ3n) is 2.90. The number of benzene rings is 2. The molecule has 120 valence electrons. The molecule has 0 bridgehead atoms. The second kappa shape index (κ2) is 8.19. The maximum Gasteiger partial charge on any atom is 0.259 e. The molecule has 0 aliphatic carbocycles. The fourth-order valence-electron chi connectivity index (χ4n) is 1.74. The largest absolute Gasteiger partial charge is 0.504 e. The van der Waals surface area contributed by atoms with Crippen LogP contribution in [0.4, 0.5) is 5.69 Å². The first-order valence-corrected chi connectivity index (χ1v) is 7.56. The highest BCUT2D eigenvalue weighted by Crippen LogP contribution is 2.25. The molecule has 0 aliphatic heterocycles. The Labute approximate surface area is 142 Å². The minimum Gasteiger partial charge on any atom is -0.504 e. The number of methoxy groups -OCH3 is 1. The van der Waals surface area contributed by atoms with Gasteiger partial charge in [0.1, 0.15) is 0 Å². The van der Waals surface area contributed by atoms with E-state index >= 15 is 0 Å². The van der Waals surface area contributed by atoms with Crippen LogP contribution < -0.4 is 15.5 Å². The van der Waals surface area contributed by atoms with Crippen molar-refractivity contribution in [3.8, 4) is 11.5 Å². The lowest BCUT2D eigenvalue weighted by atomic mass is 10.2.